The van der Waals surface area contributed by atoms with Crippen LogP contribution in [-0.2, 0) is 17.8 Å². The number of guanidine groups is 1. The lowest BCUT2D eigenvalue weighted by Gasteiger charge is -2.24. The molecule has 0 saturated carbocycles. The van der Waals surface area contributed by atoms with Crippen molar-refractivity contribution in [2.24, 2.45) is 4.99 Å². The fourth-order valence-corrected chi connectivity index (χ4v) is 3.02. The molecule has 1 amide bonds. The Hall–Kier alpha value is -2.69. The van der Waals surface area contributed by atoms with Crippen LogP contribution in [0, 0.1) is 0 Å². The molecule has 182 valence electrons. The summed E-state index contributed by atoms with van der Waals surface area (Å²) in [5.74, 6) is 2.88. The summed E-state index contributed by atoms with van der Waals surface area (Å²) in [5, 5.41) is 3.38. The van der Waals surface area contributed by atoms with Gasteiger partial charge < -0.3 is 29.3 Å². The molecule has 0 aliphatic carbocycles. The van der Waals surface area contributed by atoms with Gasteiger partial charge in [0.25, 0.3) is 0 Å². The molecule has 0 aliphatic heterocycles. The van der Waals surface area contributed by atoms with Crippen LogP contribution in [0.3, 0.4) is 0 Å². The highest BCUT2D eigenvalue weighted by atomic mass is 127. The number of benzene rings is 2. The van der Waals surface area contributed by atoms with E-state index in [0.717, 1.165) is 29.2 Å². The van der Waals surface area contributed by atoms with E-state index >= 15 is 0 Å². The largest absolute Gasteiger partial charge is 0.497 e. The Kier molecular flexibility index (Phi) is 12.4. The summed E-state index contributed by atoms with van der Waals surface area (Å²) in [4.78, 5) is 20.1. The number of rotatable bonds is 10. The minimum absolute atomic E-state index is 0. The number of aliphatic imine (C=N–C) groups is 1. The molecular formula is C24H35IN4O4. The van der Waals surface area contributed by atoms with Crippen LogP contribution in [0.15, 0.2) is 47.5 Å². The zero-order valence-electron chi connectivity index (χ0n) is 20.3. The SMILES string of the molecule is COc1ccc(CCNC(=NCC(=O)N(C)C)N(C)Cc2ccc(OC)cc2OC)cc1.I. The smallest absolute Gasteiger partial charge is 0.243 e. The fraction of sp³-hybridized carbons (Fsp3) is 0.417. The Morgan fingerprint density at radius 3 is 2.15 bits per heavy atom. The number of carbonyl (C=O) groups is 1. The first-order valence-corrected chi connectivity index (χ1v) is 10.4. The van der Waals surface area contributed by atoms with Crippen molar-refractivity contribution in [2.75, 3.05) is 55.6 Å². The lowest BCUT2D eigenvalue weighted by molar-refractivity contribution is -0.127. The van der Waals surface area contributed by atoms with Crippen LogP contribution >= 0.6 is 24.0 Å². The van der Waals surface area contributed by atoms with Crippen molar-refractivity contribution < 1.29 is 19.0 Å². The average molecular weight is 570 g/mol. The van der Waals surface area contributed by atoms with Crippen molar-refractivity contribution in [3.8, 4) is 17.2 Å². The molecule has 0 atom stereocenters. The van der Waals surface area contributed by atoms with E-state index in [0.29, 0.717) is 19.0 Å². The molecular weight excluding hydrogens is 535 g/mol. The van der Waals surface area contributed by atoms with Gasteiger partial charge in [0.1, 0.15) is 23.8 Å². The van der Waals surface area contributed by atoms with Gasteiger partial charge in [0, 0.05) is 45.9 Å². The average Bonchev–Trinajstić information content (AvgIpc) is 2.81. The second-order valence-corrected chi connectivity index (χ2v) is 7.49. The van der Waals surface area contributed by atoms with Crippen molar-refractivity contribution in [1.29, 1.82) is 0 Å². The molecule has 1 N–H and O–H groups in total. The lowest BCUT2D eigenvalue weighted by atomic mass is 10.1. The van der Waals surface area contributed by atoms with E-state index < -0.39 is 0 Å². The van der Waals surface area contributed by atoms with Gasteiger partial charge in [-0.15, -0.1) is 24.0 Å². The van der Waals surface area contributed by atoms with Gasteiger partial charge in [-0.3, -0.25) is 4.79 Å². The Bertz CT molecular complexity index is 904. The number of carbonyl (C=O) groups excluding carboxylic acids is 1. The fourth-order valence-electron chi connectivity index (χ4n) is 3.02. The van der Waals surface area contributed by atoms with Crippen LogP contribution in [0.1, 0.15) is 11.1 Å². The van der Waals surface area contributed by atoms with E-state index in [4.69, 9.17) is 14.2 Å². The molecule has 0 spiro atoms. The summed E-state index contributed by atoms with van der Waals surface area (Å²) < 4.78 is 16.0. The molecule has 0 aromatic heterocycles. The van der Waals surface area contributed by atoms with Gasteiger partial charge in [0.05, 0.1) is 21.3 Å². The molecule has 0 saturated heterocycles. The van der Waals surface area contributed by atoms with Crippen LogP contribution in [0.4, 0.5) is 0 Å². The number of likely N-dealkylation sites (N-methyl/N-ethyl adjacent to an activating group) is 1. The van der Waals surface area contributed by atoms with Crippen molar-refractivity contribution >= 4 is 35.8 Å². The third kappa shape index (κ3) is 8.99. The predicted molar refractivity (Wildman–Crippen MR) is 142 cm³/mol. The van der Waals surface area contributed by atoms with Crippen molar-refractivity contribution in [2.45, 2.75) is 13.0 Å². The number of ether oxygens (including phenoxy) is 3. The molecule has 0 bridgehead atoms. The Balaban J connectivity index is 0.00000544. The molecule has 8 nitrogen and oxygen atoms in total. The molecule has 2 aromatic carbocycles. The molecule has 0 radical (unpaired) electrons. The summed E-state index contributed by atoms with van der Waals surface area (Å²) in [6.45, 7) is 1.30. The molecule has 0 heterocycles. The standard InChI is InChI=1S/C24H34N4O4.HI/c1-27(2)23(29)16-26-24(25-14-13-18-7-10-20(30-4)11-8-18)28(3)17-19-9-12-21(31-5)15-22(19)32-6;/h7-12,15H,13-14,16-17H2,1-6H3,(H,25,26);1H. The monoisotopic (exact) mass is 570 g/mol. The Morgan fingerprint density at radius 1 is 0.939 bits per heavy atom. The maximum Gasteiger partial charge on any atom is 0.243 e. The normalized spacial score (nSPS) is 10.7. The highest BCUT2D eigenvalue weighted by Gasteiger charge is 2.13. The summed E-state index contributed by atoms with van der Waals surface area (Å²) in [6, 6.07) is 13.7. The molecule has 0 unspecified atom stereocenters. The Labute approximate surface area is 213 Å². The lowest BCUT2D eigenvalue weighted by Crippen LogP contribution is -2.40. The first-order valence-electron chi connectivity index (χ1n) is 10.4. The van der Waals surface area contributed by atoms with Gasteiger partial charge in [0.15, 0.2) is 5.96 Å². The van der Waals surface area contributed by atoms with Gasteiger partial charge >= 0.3 is 0 Å². The first-order chi connectivity index (χ1) is 15.4. The second-order valence-electron chi connectivity index (χ2n) is 7.49. The van der Waals surface area contributed by atoms with E-state index in [1.807, 2.05) is 54.4 Å². The summed E-state index contributed by atoms with van der Waals surface area (Å²) >= 11 is 0. The van der Waals surface area contributed by atoms with E-state index in [9.17, 15) is 4.79 Å². The number of hydrogen-bond donors (Lipinski definition) is 1. The zero-order valence-corrected chi connectivity index (χ0v) is 22.6. The van der Waals surface area contributed by atoms with Gasteiger partial charge in [-0.1, -0.05) is 12.1 Å². The topological polar surface area (TPSA) is 75.6 Å². The minimum Gasteiger partial charge on any atom is -0.497 e. The van der Waals surface area contributed by atoms with E-state index in [2.05, 4.69) is 10.3 Å². The van der Waals surface area contributed by atoms with Crippen LogP contribution < -0.4 is 19.5 Å². The minimum atomic E-state index is -0.0603. The van der Waals surface area contributed by atoms with Crippen LogP contribution in [0.25, 0.3) is 0 Å². The highest BCUT2D eigenvalue weighted by molar-refractivity contribution is 14.0. The molecule has 2 rings (SSSR count). The molecule has 0 aliphatic rings. The first kappa shape index (κ1) is 28.3. The van der Waals surface area contributed by atoms with Gasteiger partial charge in [-0.25, -0.2) is 4.99 Å². The second kappa shape index (κ2) is 14.5. The number of hydrogen-bond acceptors (Lipinski definition) is 5. The molecule has 33 heavy (non-hydrogen) atoms. The molecule has 9 heteroatoms. The van der Waals surface area contributed by atoms with Crippen molar-refractivity contribution in [1.82, 2.24) is 15.1 Å². The van der Waals surface area contributed by atoms with Crippen LogP contribution in [0.5, 0.6) is 17.2 Å². The van der Waals surface area contributed by atoms with Crippen LogP contribution in [0.2, 0.25) is 0 Å². The molecule has 2 aromatic rings. The predicted octanol–water partition coefficient (Wildman–Crippen LogP) is 3.04. The maximum atomic E-state index is 12.1. The number of halogens is 1. The number of methoxy groups -OCH3 is 3. The third-order valence-electron chi connectivity index (χ3n) is 4.98. The number of nitrogens with zero attached hydrogens (tertiary/aromatic N) is 3. The van der Waals surface area contributed by atoms with Gasteiger partial charge in [0.2, 0.25) is 5.91 Å². The van der Waals surface area contributed by atoms with Crippen molar-refractivity contribution in [3.63, 3.8) is 0 Å². The van der Waals surface area contributed by atoms with Gasteiger partial charge in [-0.2, -0.15) is 0 Å². The van der Waals surface area contributed by atoms with Crippen molar-refractivity contribution in [3.05, 3.63) is 53.6 Å². The summed E-state index contributed by atoms with van der Waals surface area (Å²) in [5.41, 5.74) is 2.17. The van der Waals surface area contributed by atoms with E-state index in [1.54, 1.807) is 35.4 Å². The van der Waals surface area contributed by atoms with Crippen LogP contribution in [-0.4, -0.2) is 77.2 Å². The summed E-state index contributed by atoms with van der Waals surface area (Å²) in [6.07, 6.45) is 0.810. The number of nitrogens with one attached hydrogen (secondary N) is 1. The highest BCUT2D eigenvalue weighted by Crippen LogP contribution is 2.25. The van der Waals surface area contributed by atoms with Gasteiger partial charge in [-0.05, 0) is 36.2 Å². The van der Waals surface area contributed by atoms with E-state index in [1.165, 1.54) is 10.5 Å². The molecule has 0 fully saturated rings. The Morgan fingerprint density at radius 2 is 1.58 bits per heavy atom. The van der Waals surface area contributed by atoms with E-state index in [-0.39, 0.29) is 36.4 Å². The summed E-state index contributed by atoms with van der Waals surface area (Å²) in [7, 11) is 10.3. The zero-order chi connectivity index (χ0) is 23.5. The maximum absolute atomic E-state index is 12.1. The third-order valence-corrected chi connectivity index (χ3v) is 4.98. The quantitative estimate of drug-likeness (QED) is 0.269. The number of amides is 1.